The highest BCUT2D eigenvalue weighted by Gasteiger charge is 2.10. The molecule has 6 nitrogen and oxygen atoms in total. The van der Waals surface area contributed by atoms with Gasteiger partial charge in [-0.25, -0.2) is 0 Å². The van der Waals surface area contributed by atoms with E-state index in [1.54, 1.807) is 0 Å². The monoisotopic (exact) mass is 314 g/mol. The van der Waals surface area contributed by atoms with Crippen molar-refractivity contribution >= 4 is 11.9 Å². The fourth-order valence-electron chi connectivity index (χ4n) is 1.80. The summed E-state index contributed by atoms with van der Waals surface area (Å²) in [4.78, 5) is 22.3. The lowest BCUT2D eigenvalue weighted by atomic mass is 10.0. The van der Waals surface area contributed by atoms with Crippen molar-refractivity contribution in [2.45, 2.75) is 52.4 Å². The van der Waals surface area contributed by atoms with E-state index in [9.17, 15) is 19.8 Å². The number of hydrogen-bond acceptors (Lipinski definition) is 6. The molecule has 0 aliphatic rings. The summed E-state index contributed by atoms with van der Waals surface area (Å²) in [7, 11) is 0. The summed E-state index contributed by atoms with van der Waals surface area (Å²) in [5, 5.41) is 22.3. The lowest BCUT2D eigenvalue weighted by Gasteiger charge is -2.17. The lowest BCUT2D eigenvalue weighted by molar-refractivity contribution is -0.304. The van der Waals surface area contributed by atoms with Crippen LogP contribution in [0.3, 0.4) is 0 Å². The van der Waals surface area contributed by atoms with Crippen molar-refractivity contribution in [3.63, 3.8) is 0 Å². The minimum atomic E-state index is -1.49. The van der Waals surface area contributed by atoms with E-state index in [1.807, 2.05) is 13.8 Å². The van der Waals surface area contributed by atoms with Gasteiger partial charge in [0.1, 0.15) is 0 Å². The molecule has 0 unspecified atom stereocenters. The number of hydrogen-bond donors (Lipinski definition) is 0. The number of carbonyl (C=O) groups excluding carboxylic acids is 2. The van der Waals surface area contributed by atoms with E-state index < -0.39 is 11.9 Å². The summed E-state index contributed by atoms with van der Waals surface area (Å²) in [6.07, 6.45) is 3.69. The molecule has 0 N–H and O–H groups in total. The van der Waals surface area contributed by atoms with Gasteiger partial charge >= 0.3 is 0 Å². The zero-order valence-electron chi connectivity index (χ0n) is 13.5. The Bertz CT molecular complexity index is 328. The summed E-state index contributed by atoms with van der Waals surface area (Å²) in [6.45, 7) is 5.38. The van der Waals surface area contributed by atoms with Crippen molar-refractivity contribution in [1.29, 1.82) is 0 Å². The number of unbranched alkanes of at least 4 members (excludes halogenated alkanes) is 2. The third-order valence-corrected chi connectivity index (χ3v) is 3.13. The SMILES string of the molecule is CCCCOCC/C(C(=O)[O-])=C(\CCOCCCC)C(=O)[O-]. The van der Waals surface area contributed by atoms with E-state index in [0.717, 1.165) is 25.7 Å². The summed E-state index contributed by atoms with van der Waals surface area (Å²) in [5.41, 5.74) is -0.536. The first-order valence-electron chi connectivity index (χ1n) is 7.84. The topological polar surface area (TPSA) is 98.7 Å². The van der Waals surface area contributed by atoms with Gasteiger partial charge in [0.2, 0.25) is 0 Å². The molecule has 6 heteroatoms. The third kappa shape index (κ3) is 9.52. The van der Waals surface area contributed by atoms with Gasteiger partial charge in [-0.1, -0.05) is 26.7 Å². The summed E-state index contributed by atoms with van der Waals surface area (Å²) in [6, 6.07) is 0. The maximum atomic E-state index is 11.1. The zero-order chi connectivity index (χ0) is 16.8. The van der Waals surface area contributed by atoms with E-state index in [1.165, 1.54) is 0 Å². The fraction of sp³-hybridized carbons (Fsp3) is 0.750. The van der Waals surface area contributed by atoms with Crippen LogP contribution in [-0.2, 0) is 19.1 Å². The standard InChI is InChI=1S/C16H28O6/c1-3-5-9-21-11-7-13(15(17)18)14(16(19)20)8-12-22-10-6-4-2/h3-12H2,1-2H3,(H,17,18)(H,19,20)/p-2/b14-13-. The molecule has 22 heavy (non-hydrogen) atoms. The van der Waals surface area contributed by atoms with Gasteiger partial charge in [-0.15, -0.1) is 0 Å². The molecule has 0 bridgehead atoms. The van der Waals surface area contributed by atoms with Gasteiger partial charge < -0.3 is 29.3 Å². The van der Waals surface area contributed by atoms with Gasteiger partial charge in [0.25, 0.3) is 0 Å². The fourth-order valence-corrected chi connectivity index (χ4v) is 1.80. The van der Waals surface area contributed by atoms with Gasteiger partial charge in [0.15, 0.2) is 0 Å². The van der Waals surface area contributed by atoms with Crippen LogP contribution in [0.15, 0.2) is 11.1 Å². The maximum Gasteiger partial charge on any atom is 0.0679 e. The quantitative estimate of drug-likeness (QED) is 0.335. The Balaban J connectivity index is 4.55. The van der Waals surface area contributed by atoms with Crippen LogP contribution in [0.5, 0.6) is 0 Å². The van der Waals surface area contributed by atoms with Crippen molar-refractivity contribution in [2.24, 2.45) is 0 Å². The van der Waals surface area contributed by atoms with Crippen LogP contribution in [0.2, 0.25) is 0 Å². The van der Waals surface area contributed by atoms with Crippen LogP contribution >= 0.6 is 0 Å². The van der Waals surface area contributed by atoms with Gasteiger partial charge in [0, 0.05) is 13.2 Å². The molecule has 0 atom stereocenters. The van der Waals surface area contributed by atoms with E-state index in [4.69, 9.17) is 9.47 Å². The average Bonchev–Trinajstić information content (AvgIpc) is 2.47. The molecule has 0 aliphatic heterocycles. The average molecular weight is 314 g/mol. The molecule has 0 aromatic heterocycles. The minimum absolute atomic E-state index is 0.00960. The molecule has 0 aromatic carbocycles. The van der Waals surface area contributed by atoms with Crippen molar-refractivity contribution in [3.8, 4) is 0 Å². The predicted octanol–water partition coefficient (Wildman–Crippen LogP) is 0.196. The molecule has 0 radical (unpaired) electrons. The first-order valence-corrected chi connectivity index (χ1v) is 7.84. The van der Waals surface area contributed by atoms with Crippen LogP contribution in [0.25, 0.3) is 0 Å². The smallest absolute Gasteiger partial charge is 0.0679 e. The number of rotatable bonds is 14. The van der Waals surface area contributed by atoms with Crippen LogP contribution in [0, 0.1) is 0 Å². The normalized spacial score (nSPS) is 12.1. The van der Waals surface area contributed by atoms with Crippen LogP contribution in [0.4, 0.5) is 0 Å². The van der Waals surface area contributed by atoms with Crippen LogP contribution in [0.1, 0.15) is 52.4 Å². The van der Waals surface area contributed by atoms with Crippen molar-refractivity contribution < 1.29 is 29.3 Å². The molecular formula is C16H26O6-2. The zero-order valence-corrected chi connectivity index (χ0v) is 13.5. The number of carboxylic acids is 2. The Labute approximate surface area is 132 Å². The highest BCUT2D eigenvalue weighted by molar-refractivity contribution is 5.97. The third-order valence-electron chi connectivity index (χ3n) is 3.13. The van der Waals surface area contributed by atoms with Gasteiger partial charge in [-0.2, -0.15) is 0 Å². The highest BCUT2D eigenvalue weighted by Crippen LogP contribution is 2.13. The second-order valence-corrected chi connectivity index (χ2v) is 4.96. The Morgan fingerprint density at radius 1 is 0.727 bits per heavy atom. The first-order chi connectivity index (χ1) is 10.5. The van der Waals surface area contributed by atoms with Crippen molar-refractivity contribution in [2.75, 3.05) is 26.4 Å². The number of aliphatic carboxylic acids is 2. The summed E-state index contributed by atoms with van der Waals surface area (Å²) < 4.78 is 10.5. The Kier molecular flexibility index (Phi) is 12.4. The van der Waals surface area contributed by atoms with E-state index in [-0.39, 0.29) is 37.2 Å². The maximum absolute atomic E-state index is 11.1. The molecule has 0 fully saturated rings. The van der Waals surface area contributed by atoms with Gasteiger partial charge in [-0.05, 0) is 36.8 Å². The number of carbonyl (C=O) groups is 2. The van der Waals surface area contributed by atoms with Crippen molar-refractivity contribution in [1.82, 2.24) is 0 Å². The van der Waals surface area contributed by atoms with Crippen LogP contribution < -0.4 is 10.2 Å². The number of ether oxygens (including phenoxy) is 2. The largest absolute Gasteiger partial charge is 0.545 e. The minimum Gasteiger partial charge on any atom is -0.545 e. The molecule has 0 rings (SSSR count). The van der Waals surface area contributed by atoms with Crippen molar-refractivity contribution in [3.05, 3.63) is 11.1 Å². The molecule has 0 aliphatic carbocycles. The predicted molar refractivity (Wildman–Crippen MR) is 77.7 cm³/mol. The molecule has 0 saturated carbocycles. The molecule has 0 aromatic rings. The summed E-state index contributed by atoms with van der Waals surface area (Å²) >= 11 is 0. The number of carboxylic acid groups (broad SMARTS) is 2. The second kappa shape index (κ2) is 13.3. The molecular weight excluding hydrogens is 288 g/mol. The van der Waals surface area contributed by atoms with Gasteiger partial charge in [-0.3, -0.25) is 0 Å². The molecule has 128 valence electrons. The Morgan fingerprint density at radius 3 is 1.36 bits per heavy atom. The Hall–Kier alpha value is -1.40. The highest BCUT2D eigenvalue weighted by atomic mass is 16.5. The van der Waals surface area contributed by atoms with E-state index in [0.29, 0.717) is 13.2 Å². The molecule has 0 amide bonds. The van der Waals surface area contributed by atoms with E-state index in [2.05, 4.69) is 0 Å². The molecule has 0 saturated heterocycles. The van der Waals surface area contributed by atoms with Crippen LogP contribution in [-0.4, -0.2) is 38.4 Å². The lowest BCUT2D eigenvalue weighted by Crippen LogP contribution is -2.33. The molecule has 0 spiro atoms. The van der Waals surface area contributed by atoms with E-state index >= 15 is 0 Å². The van der Waals surface area contributed by atoms with Gasteiger partial charge in [0.05, 0.1) is 25.2 Å². The Morgan fingerprint density at radius 2 is 1.09 bits per heavy atom. The first kappa shape index (κ1) is 20.6. The molecule has 0 heterocycles. The summed E-state index contributed by atoms with van der Waals surface area (Å²) in [5.74, 6) is -2.99. The second-order valence-electron chi connectivity index (χ2n) is 4.96.